The van der Waals surface area contributed by atoms with Gasteiger partial charge in [0.05, 0.1) is 18.9 Å². The van der Waals surface area contributed by atoms with E-state index in [2.05, 4.69) is 32.4 Å². The Morgan fingerprint density at radius 2 is 2.29 bits per heavy atom. The summed E-state index contributed by atoms with van der Waals surface area (Å²) in [5.74, 6) is 1.29. The van der Waals surface area contributed by atoms with Gasteiger partial charge in [-0.05, 0) is 6.42 Å². The van der Waals surface area contributed by atoms with Gasteiger partial charge in [-0.15, -0.1) is 10.2 Å². The molecule has 1 aliphatic heterocycles. The lowest BCUT2D eigenvalue weighted by Crippen LogP contribution is -2.38. The molecule has 0 aliphatic carbocycles. The number of rotatable bonds is 4. The lowest BCUT2D eigenvalue weighted by Gasteiger charge is -2.26. The van der Waals surface area contributed by atoms with Gasteiger partial charge in [-0.3, -0.25) is 9.78 Å². The van der Waals surface area contributed by atoms with Crippen molar-refractivity contribution in [3.05, 3.63) is 30.2 Å². The summed E-state index contributed by atoms with van der Waals surface area (Å²) < 4.78 is 1.95. The molecule has 110 valence electrons. The summed E-state index contributed by atoms with van der Waals surface area (Å²) in [5.41, 5.74) is 0.351. The summed E-state index contributed by atoms with van der Waals surface area (Å²) in [7, 11) is 0. The molecule has 0 bridgehead atoms. The molecule has 3 heterocycles. The maximum absolute atomic E-state index is 12.5. The van der Waals surface area contributed by atoms with Crippen LogP contribution in [0, 0.1) is 0 Å². The highest BCUT2D eigenvalue weighted by Gasteiger charge is 2.24. The first kappa shape index (κ1) is 13.5. The Balaban J connectivity index is 1.73. The quantitative estimate of drug-likeness (QED) is 0.883. The number of nitrogens with zero attached hydrogens (tertiary/aromatic N) is 6. The first-order chi connectivity index (χ1) is 10.3. The van der Waals surface area contributed by atoms with Crippen LogP contribution < -0.4 is 5.32 Å². The number of carbonyl (C=O) groups is 1. The third kappa shape index (κ3) is 2.83. The molecular weight excluding hydrogens is 270 g/mol. The van der Waals surface area contributed by atoms with Crippen LogP contribution in [-0.2, 0) is 13.1 Å². The van der Waals surface area contributed by atoms with Crippen LogP contribution in [0.2, 0.25) is 0 Å². The van der Waals surface area contributed by atoms with Crippen LogP contribution >= 0.6 is 0 Å². The van der Waals surface area contributed by atoms with Crippen molar-refractivity contribution in [2.75, 3.05) is 18.4 Å². The van der Waals surface area contributed by atoms with E-state index < -0.39 is 0 Å². The van der Waals surface area contributed by atoms with Crippen molar-refractivity contribution >= 4 is 11.7 Å². The molecule has 2 aromatic heterocycles. The molecular formula is C13H17N7O. The van der Waals surface area contributed by atoms with Crippen LogP contribution in [0.5, 0.6) is 0 Å². The van der Waals surface area contributed by atoms with Crippen molar-refractivity contribution < 1.29 is 4.79 Å². The van der Waals surface area contributed by atoms with Gasteiger partial charge in [-0.1, -0.05) is 6.92 Å². The fraction of sp³-hybridized carbons (Fsp3) is 0.462. The molecule has 0 saturated carbocycles. The topological polar surface area (TPSA) is 88.8 Å². The number of hydrogen-bond donors (Lipinski definition) is 1. The summed E-state index contributed by atoms with van der Waals surface area (Å²) in [6, 6.07) is 0. The molecule has 0 spiro atoms. The molecule has 0 atom stereocenters. The second kappa shape index (κ2) is 5.86. The second-order valence-electron chi connectivity index (χ2n) is 4.88. The first-order valence-electron chi connectivity index (χ1n) is 7.00. The largest absolute Gasteiger partial charge is 0.369 e. The van der Waals surface area contributed by atoms with E-state index in [4.69, 9.17) is 0 Å². The minimum absolute atomic E-state index is 0.128. The predicted molar refractivity (Wildman–Crippen MR) is 75.6 cm³/mol. The molecule has 0 aromatic carbocycles. The Labute approximate surface area is 122 Å². The fourth-order valence-electron chi connectivity index (χ4n) is 2.21. The number of nitrogens with one attached hydrogen (secondary N) is 1. The monoisotopic (exact) mass is 287 g/mol. The molecule has 1 amide bonds. The minimum Gasteiger partial charge on any atom is -0.369 e. The van der Waals surface area contributed by atoms with E-state index >= 15 is 0 Å². The minimum atomic E-state index is -0.128. The van der Waals surface area contributed by atoms with Gasteiger partial charge in [0.1, 0.15) is 17.8 Å². The zero-order valence-electron chi connectivity index (χ0n) is 11.9. The molecule has 2 aromatic rings. The maximum atomic E-state index is 12.5. The molecule has 0 unspecified atom stereocenters. The maximum Gasteiger partial charge on any atom is 0.274 e. The van der Waals surface area contributed by atoms with E-state index in [-0.39, 0.29) is 5.91 Å². The van der Waals surface area contributed by atoms with Crippen LogP contribution in [-0.4, -0.2) is 48.6 Å². The molecule has 8 nitrogen and oxygen atoms in total. The van der Waals surface area contributed by atoms with Gasteiger partial charge in [0, 0.05) is 19.6 Å². The normalized spacial score (nSPS) is 13.9. The number of amides is 1. The zero-order chi connectivity index (χ0) is 14.7. The van der Waals surface area contributed by atoms with Crippen molar-refractivity contribution in [2.45, 2.75) is 26.4 Å². The van der Waals surface area contributed by atoms with Crippen molar-refractivity contribution in [2.24, 2.45) is 0 Å². The lowest BCUT2D eigenvalue weighted by atomic mass is 10.3. The Bertz CT molecular complexity index is 639. The van der Waals surface area contributed by atoms with Crippen molar-refractivity contribution in [1.29, 1.82) is 0 Å². The lowest BCUT2D eigenvalue weighted by molar-refractivity contribution is 0.0701. The molecule has 0 saturated heterocycles. The Kier molecular flexibility index (Phi) is 3.76. The highest BCUT2D eigenvalue weighted by Crippen LogP contribution is 2.13. The van der Waals surface area contributed by atoms with Gasteiger partial charge in [-0.25, -0.2) is 4.98 Å². The number of aromatic nitrogens is 5. The van der Waals surface area contributed by atoms with Crippen LogP contribution in [0.1, 0.15) is 29.7 Å². The molecule has 1 aliphatic rings. The molecule has 0 radical (unpaired) electrons. The molecule has 0 fully saturated rings. The summed E-state index contributed by atoms with van der Waals surface area (Å²) in [6.45, 7) is 4.65. The number of anilines is 1. The Hall–Kier alpha value is -2.51. The summed E-state index contributed by atoms with van der Waals surface area (Å²) in [5, 5.41) is 11.0. The molecule has 3 rings (SSSR count). The summed E-state index contributed by atoms with van der Waals surface area (Å²) >= 11 is 0. The van der Waals surface area contributed by atoms with Crippen LogP contribution in [0.4, 0.5) is 5.82 Å². The van der Waals surface area contributed by atoms with E-state index in [1.807, 2.05) is 4.57 Å². The smallest absolute Gasteiger partial charge is 0.274 e. The van der Waals surface area contributed by atoms with Crippen LogP contribution in [0.3, 0.4) is 0 Å². The molecule has 8 heteroatoms. The first-order valence-corrected chi connectivity index (χ1v) is 7.00. The average Bonchev–Trinajstić information content (AvgIpc) is 3.00. The van der Waals surface area contributed by atoms with E-state index in [1.165, 1.54) is 6.20 Å². The van der Waals surface area contributed by atoms with E-state index in [0.717, 1.165) is 18.8 Å². The van der Waals surface area contributed by atoms with E-state index in [0.29, 0.717) is 31.1 Å². The summed E-state index contributed by atoms with van der Waals surface area (Å²) in [4.78, 5) is 22.6. The van der Waals surface area contributed by atoms with Gasteiger partial charge in [0.25, 0.3) is 5.91 Å². The van der Waals surface area contributed by atoms with Gasteiger partial charge in [-0.2, -0.15) is 0 Å². The number of fused-ring (bicyclic) bond motifs is 1. The summed E-state index contributed by atoms with van der Waals surface area (Å²) in [6.07, 6.45) is 5.80. The van der Waals surface area contributed by atoms with Gasteiger partial charge in [0.2, 0.25) is 0 Å². The predicted octanol–water partition coefficient (Wildman–Crippen LogP) is 0.546. The Morgan fingerprint density at radius 3 is 3.14 bits per heavy atom. The van der Waals surface area contributed by atoms with Crippen LogP contribution in [0.25, 0.3) is 0 Å². The molecule has 21 heavy (non-hydrogen) atoms. The van der Waals surface area contributed by atoms with Crippen LogP contribution in [0.15, 0.2) is 18.7 Å². The van der Waals surface area contributed by atoms with Gasteiger partial charge < -0.3 is 14.8 Å². The third-order valence-electron chi connectivity index (χ3n) is 3.34. The Morgan fingerprint density at radius 1 is 1.38 bits per heavy atom. The second-order valence-corrected chi connectivity index (χ2v) is 4.88. The standard InChI is InChI=1S/C13H17N7O/c1-2-3-15-11-7-14-6-10(17-11)13(21)19-4-5-20-9-16-18-12(20)8-19/h6-7,9H,2-5,8H2,1H3,(H,15,17). The zero-order valence-corrected chi connectivity index (χ0v) is 11.9. The van der Waals surface area contributed by atoms with Crippen molar-refractivity contribution in [3.8, 4) is 0 Å². The molecule has 1 N–H and O–H groups in total. The van der Waals surface area contributed by atoms with Crippen molar-refractivity contribution in [1.82, 2.24) is 29.6 Å². The van der Waals surface area contributed by atoms with Crippen molar-refractivity contribution in [3.63, 3.8) is 0 Å². The third-order valence-corrected chi connectivity index (χ3v) is 3.34. The highest BCUT2D eigenvalue weighted by atomic mass is 16.2. The number of carbonyl (C=O) groups excluding carboxylic acids is 1. The fourth-order valence-corrected chi connectivity index (χ4v) is 2.21. The van der Waals surface area contributed by atoms with Gasteiger partial charge in [0.15, 0.2) is 5.82 Å². The SMILES string of the molecule is CCCNc1cncc(C(=O)N2CCn3cnnc3C2)n1. The number of hydrogen-bond acceptors (Lipinski definition) is 6. The van der Waals surface area contributed by atoms with E-state index in [9.17, 15) is 4.79 Å². The average molecular weight is 287 g/mol. The van der Waals surface area contributed by atoms with Gasteiger partial charge >= 0.3 is 0 Å². The van der Waals surface area contributed by atoms with E-state index in [1.54, 1.807) is 17.4 Å². The highest BCUT2D eigenvalue weighted by molar-refractivity contribution is 5.92.